The highest BCUT2D eigenvalue weighted by molar-refractivity contribution is 6.30. The molecule has 1 atom stereocenters. The number of aromatic nitrogens is 2. The van der Waals surface area contributed by atoms with Crippen molar-refractivity contribution >= 4 is 41.0 Å². The van der Waals surface area contributed by atoms with E-state index in [1.54, 1.807) is 76.2 Å². The van der Waals surface area contributed by atoms with Crippen molar-refractivity contribution in [2.75, 3.05) is 24.5 Å². The topological polar surface area (TPSA) is 178 Å². The highest BCUT2D eigenvalue weighted by Gasteiger charge is 2.22. The third-order valence-electron chi connectivity index (χ3n) is 6.29. The lowest BCUT2D eigenvalue weighted by atomic mass is 9.97. The van der Waals surface area contributed by atoms with E-state index in [0.717, 1.165) is 0 Å². The van der Waals surface area contributed by atoms with Crippen molar-refractivity contribution in [3.8, 4) is 34.2 Å². The van der Waals surface area contributed by atoms with Crippen LogP contribution < -0.4 is 20.7 Å². The van der Waals surface area contributed by atoms with Crippen LogP contribution in [0.2, 0.25) is 5.02 Å². The number of benzene rings is 2. The van der Waals surface area contributed by atoms with Gasteiger partial charge in [0.25, 0.3) is 5.91 Å². The molecule has 0 radical (unpaired) electrons. The number of halogens is 1. The number of methoxy groups -OCH3 is 1. The SMILES string of the molecule is COCOc1cc(Cl)ccc1-c1cc(-c2cccc(NC(=O)C[C@H](C)NC(=O)OC(C)(C)C)c2)c(C#N)c(NC(=O)c2ccno2)n1. The number of nitriles is 1. The minimum Gasteiger partial charge on any atom is -0.467 e. The largest absolute Gasteiger partial charge is 0.467 e. The number of carbonyl (C=O) groups is 3. The highest BCUT2D eigenvalue weighted by atomic mass is 35.5. The van der Waals surface area contributed by atoms with Gasteiger partial charge in [0.1, 0.15) is 23.0 Å². The van der Waals surface area contributed by atoms with Gasteiger partial charge in [0.2, 0.25) is 11.7 Å². The van der Waals surface area contributed by atoms with Crippen molar-refractivity contribution in [2.24, 2.45) is 0 Å². The first-order valence-corrected chi connectivity index (χ1v) is 14.7. The lowest BCUT2D eigenvalue weighted by Gasteiger charge is -2.21. The van der Waals surface area contributed by atoms with Gasteiger partial charge in [-0.1, -0.05) is 28.9 Å². The number of carbonyl (C=O) groups excluding carboxylic acids is 3. The average molecular weight is 661 g/mol. The van der Waals surface area contributed by atoms with Crippen LogP contribution in [0.15, 0.2) is 65.3 Å². The van der Waals surface area contributed by atoms with Gasteiger partial charge in [0.15, 0.2) is 12.6 Å². The Kier molecular flexibility index (Phi) is 11.1. The summed E-state index contributed by atoms with van der Waals surface area (Å²) < 4.78 is 21.0. The molecule has 47 heavy (non-hydrogen) atoms. The number of nitrogens with zero attached hydrogens (tertiary/aromatic N) is 3. The zero-order valence-corrected chi connectivity index (χ0v) is 27.1. The second-order valence-electron chi connectivity index (χ2n) is 11.3. The summed E-state index contributed by atoms with van der Waals surface area (Å²) in [5.41, 5.74) is 1.58. The molecule has 4 rings (SSSR count). The van der Waals surface area contributed by atoms with E-state index >= 15 is 0 Å². The lowest BCUT2D eigenvalue weighted by molar-refractivity contribution is -0.116. The molecule has 0 aliphatic rings. The fourth-order valence-electron chi connectivity index (χ4n) is 4.38. The van der Waals surface area contributed by atoms with E-state index in [-0.39, 0.29) is 36.3 Å². The number of nitrogens with one attached hydrogen (secondary N) is 3. The molecule has 0 saturated carbocycles. The van der Waals surface area contributed by atoms with Crippen LogP contribution in [-0.4, -0.2) is 53.6 Å². The van der Waals surface area contributed by atoms with Crippen LogP contribution in [0.1, 0.15) is 50.2 Å². The monoisotopic (exact) mass is 660 g/mol. The van der Waals surface area contributed by atoms with Crippen molar-refractivity contribution in [3.05, 3.63) is 77.1 Å². The first kappa shape index (κ1) is 34.4. The molecule has 14 heteroatoms. The molecule has 0 aliphatic carbocycles. The smallest absolute Gasteiger partial charge is 0.407 e. The van der Waals surface area contributed by atoms with Crippen LogP contribution in [0.5, 0.6) is 5.75 Å². The predicted molar refractivity (Wildman–Crippen MR) is 174 cm³/mol. The van der Waals surface area contributed by atoms with Gasteiger partial charge in [-0.15, -0.1) is 0 Å². The Morgan fingerprint density at radius 3 is 2.53 bits per heavy atom. The Labute approximate surface area is 276 Å². The standard InChI is InChI=1S/C33H33ClN6O7/c1-19(37-32(43)46-33(2,3)4)13-29(41)38-22-8-6-7-20(14-22)24-16-26(23-10-9-21(34)15-28(23)45-18-44-5)39-30(25(24)17-35)40-31(42)27-11-12-36-47-27/h6-12,14-16,19H,13,18H2,1-5H3,(H,37,43)(H,38,41)(H,39,40,42)/t19-/m0/s1. The summed E-state index contributed by atoms with van der Waals surface area (Å²) in [4.78, 5) is 42.5. The van der Waals surface area contributed by atoms with E-state index in [0.29, 0.717) is 38.8 Å². The van der Waals surface area contributed by atoms with E-state index in [4.69, 9.17) is 30.3 Å². The molecule has 13 nitrogen and oxygen atoms in total. The van der Waals surface area contributed by atoms with Crippen molar-refractivity contribution in [1.29, 1.82) is 5.26 Å². The normalized spacial score (nSPS) is 11.6. The van der Waals surface area contributed by atoms with Crippen molar-refractivity contribution < 1.29 is 33.1 Å². The third kappa shape index (κ3) is 9.52. The van der Waals surface area contributed by atoms with Gasteiger partial charge in [-0.05, 0) is 69.7 Å². The summed E-state index contributed by atoms with van der Waals surface area (Å²) in [5, 5.41) is 22.4. The Hall–Kier alpha value is -5.45. The quantitative estimate of drug-likeness (QED) is 0.152. The van der Waals surface area contributed by atoms with Gasteiger partial charge in [-0.25, -0.2) is 9.78 Å². The number of hydrogen-bond acceptors (Lipinski definition) is 10. The van der Waals surface area contributed by atoms with E-state index < -0.39 is 23.6 Å². The van der Waals surface area contributed by atoms with Crippen molar-refractivity contribution in [3.63, 3.8) is 0 Å². The Morgan fingerprint density at radius 2 is 1.85 bits per heavy atom. The summed E-state index contributed by atoms with van der Waals surface area (Å²) >= 11 is 6.24. The van der Waals surface area contributed by atoms with Gasteiger partial charge in [-0.2, -0.15) is 5.26 Å². The molecule has 0 saturated heterocycles. The van der Waals surface area contributed by atoms with Gasteiger partial charge in [-0.3, -0.25) is 9.59 Å². The minimum absolute atomic E-state index is 0.0229. The number of alkyl carbamates (subject to hydrolysis) is 1. The molecule has 2 heterocycles. The van der Waals surface area contributed by atoms with Crippen LogP contribution >= 0.6 is 11.6 Å². The van der Waals surface area contributed by atoms with Crippen LogP contribution in [0.4, 0.5) is 16.3 Å². The average Bonchev–Trinajstić information content (AvgIpc) is 3.54. The molecule has 2 aromatic carbocycles. The molecule has 0 unspecified atom stereocenters. The number of anilines is 2. The predicted octanol–water partition coefficient (Wildman–Crippen LogP) is 6.41. The number of ether oxygens (including phenoxy) is 3. The summed E-state index contributed by atoms with van der Waals surface area (Å²) in [6.07, 6.45) is 0.668. The molecule has 0 bridgehead atoms. The summed E-state index contributed by atoms with van der Waals surface area (Å²) in [6, 6.07) is 16.4. The zero-order valence-electron chi connectivity index (χ0n) is 26.3. The summed E-state index contributed by atoms with van der Waals surface area (Å²) in [7, 11) is 1.48. The zero-order chi connectivity index (χ0) is 34.1. The Bertz CT molecular complexity index is 1800. The molecule has 0 aliphatic heterocycles. The molecule has 244 valence electrons. The van der Waals surface area contributed by atoms with E-state index in [1.807, 2.05) is 0 Å². The fourth-order valence-corrected chi connectivity index (χ4v) is 4.54. The van der Waals surface area contributed by atoms with Gasteiger partial charge in [0, 0.05) is 47.5 Å². The molecule has 0 fully saturated rings. The maximum Gasteiger partial charge on any atom is 0.407 e. The molecule has 0 spiro atoms. The Morgan fingerprint density at radius 1 is 1.06 bits per heavy atom. The molecular weight excluding hydrogens is 628 g/mol. The van der Waals surface area contributed by atoms with Gasteiger partial charge >= 0.3 is 6.09 Å². The maximum atomic E-state index is 13.0. The summed E-state index contributed by atoms with van der Waals surface area (Å²) in [5.74, 6) is -0.812. The van der Waals surface area contributed by atoms with E-state index in [2.05, 4.69) is 32.2 Å². The number of pyridine rings is 1. The second-order valence-corrected chi connectivity index (χ2v) is 11.7. The number of rotatable bonds is 11. The fraction of sp³-hybridized carbons (Fsp3) is 0.273. The van der Waals surface area contributed by atoms with Crippen molar-refractivity contribution in [2.45, 2.75) is 45.8 Å². The molecule has 3 N–H and O–H groups in total. The van der Waals surface area contributed by atoms with Crippen LogP contribution in [0, 0.1) is 11.3 Å². The minimum atomic E-state index is -0.674. The third-order valence-corrected chi connectivity index (χ3v) is 6.52. The summed E-state index contributed by atoms with van der Waals surface area (Å²) in [6.45, 7) is 6.86. The molecule has 4 aromatic rings. The molecular formula is C33H33ClN6O7. The first-order valence-electron chi connectivity index (χ1n) is 14.4. The first-order chi connectivity index (χ1) is 22.4. The Balaban J connectivity index is 1.70. The van der Waals surface area contributed by atoms with Crippen molar-refractivity contribution in [1.82, 2.24) is 15.5 Å². The van der Waals surface area contributed by atoms with Gasteiger partial charge < -0.3 is 34.7 Å². The van der Waals surface area contributed by atoms with Crippen LogP contribution in [0.25, 0.3) is 22.4 Å². The second kappa shape index (κ2) is 15.2. The lowest BCUT2D eigenvalue weighted by Crippen LogP contribution is -2.39. The van der Waals surface area contributed by atoms with Crippen LogP contribution in [-0.2, 0) is 14.3 Å². The molecule has 2 aromatic heterocycles. The maximum absolute atomic E-state index is 13.0. The molecule has 3 amide bonds. The number of amides is 3. The number of hydrogen-bond donors (Lipinski definition) is 3. The highest BCUT2D eigenvalue weighted by Crippen LogP contribution is 2.38. The van der Waals surface area contributed by atoms with Crippen LogP contribution in [0.3, 0.4) is 0 Å². The van der Waals surface area contributed by atoms with E-state index in [1.165, 1.54) is 19.4 Å². The van der Waals surface area contributed by atoms with Gasteiger partial charge in [0.05, 0.1) is 11.9 Å². The van der Waals surface area contributed by atoms with E-state index in [9.17, 15) is 19.6 Å².